The Bertz CT molecular complexity index is 4830. The van der Waals surface area contributed by atoms with Crippen LogP contribution in [0, 0.1) is 13.8 Å². The van der Waals surface area contributed by atoms with Crippen LogP contribution in [0.25, 0.3) is 56.7 Å². The SMILES string of the molecule is C=Cc1ccc2c(c1)C1(c3cc(C=C)ccc3-c3ccc(N(c4ccccc4)c4ccc(-c5ccc(N(c6ccccc6)c6cccc(C)c6)cc5)cc4)cc31)c1cc(N(c3ccccc3)c3ccc(-c4ccc(N(c5ccccc5)c5cccc(C)c5)cc4)cc3)ccc1-2. The fraction of sp³-hybridized carbons (Fsp3) is 0.0330. The summed E-state index contributed by atoms with van der Waals surface area (Å²) in [5.74, 6) is 0. The van der Waals surface area contributed by atoms with Gasteiger partial charge in [-0.15, -0.1) is 0 Å². The summed E-state index contributed by atoms with van der Waals surface area (Å²) in [6.07, 6.45) is 3.96. The first kappa shape index (κ1) is 57.9. The van der Waals surface area contributed by atoms with E-state index < -0.39 is 5.41 Å². The van der Waals surface area contributed by atoms with E-state index in [1.54, 1.807) is 0 Å². The van der Waals surface area contributed by atoms with Crippen molar-refractivity contribution < 1.29 is 0 Å². The molecule has 0 atom stereocenters. The second-order valence-corrected chi connectivity index (χ2v) is 24.8. The summed E-state index contributed by atoms with van der Waals surface area (Å²) in [5, 5.41) is 0. The van der Waals surface area contributed by atoms with Gasteiger partial charge in [-0.1, -0.05) is 207 Å². The van der Waals surface area contributed by atoms with Crippen molar-refractivity contribution in [2.45, 2.75) is 19.3 Å². The average Bonchev–Trinajstić information content (AvgIpc) is 1.51. The van der Waals surface area contributed by atoms with Gasteiger partial charge in [-0.05, 0) is 261 Å². The molecule has 0 aromatic heterocycles. The molecule has 0 unspecified atom stereocenters. The maximum absolute atomic E-state index is 4.34. The van der Waals surface area contributed by atoms with Gasteiger partial charge in [0.1, 0.15) is 0 Å². The number of aryl methyl sites for hydroxylation is 2. The number of fused-ring (bicyclic) bond motifs is 10. The molecule has 0 bridgehead atoms. The van der Waals surface area contributed by atoms with Crippen LogP contribution in [0.2, 0.25) is 0 Å². The van der Waals surface area contributed by atoms with Crippen LogP contribution in [-0.2, 0) is 5.41 Å². The lowest BCUT2D eigenvalue weighted by Gasteiger charge is -2.33. The van der Waals surface area contributed by atoms with Gasteiger partial charge >= 0.3 is 0 Å². The maximum Gasteiger partial charge on any atom is 0.0727 e. The minimum absolute atomic E-state index is 0.735. The zero-order chi connectivity index (χ0) is 64.0. The van der Waals surface area contributed by atoms with Crippen LogP contribution in [0.5, 0.6) is 0 Å². The fourth-order valence-electron chi connectivity index (χ4n) is 14.6. The molecular formula is C91H68N4. The van der Waals surface area contributed by atoms with Crippen LogP contribution >= 0.6 is 0 Å². The molecule has 0 saturated carbocycles. The lowest BCUT2D eigenvalue weighted by Crippen LogP contribution is -2.27. The van der Waals surface area contributed by atoms with E-state index in [0.717, 1.165) is 102 Å². The Morgan fingerprint density at radius 2 is 0.453 bits per heavy atom. The molecule has 95 heavy (non-hydrogen) atoms. The molecule has 0 heterocycles. The summed E-state index contributed by atoms with van der Waals surface area (Å²) < 4.78 is 0. The van der Waals surface area contributed by atoms with Crippen molar-refractivity contribution >= 4 is 80.4 Å². The molecule has 0 amide bonds. The van der Waals surface area contributed by atoms with Gasteiger partial charge in [-0.2, -0.15) is 0 Å². The van der Waals surface area contributed by atoms with E-state index in [9.17, 15) is 0 Å². The van der Waals surface area contributed by atoms with Gasteiger partial charge in [0.2, 0.25) is 0 Å². The lowest BCUT2D eigenvalue weighted by molar-refractivity contribution is 0.793. The molecule has 4 heteroatoms. The molecular weight excluding hydrogens is 1150 g/mol. The van der Waals surface area contributed by atoms with Crippen molar-refractivity contribution in [3.05, 3.63) is 397 Å². The molecule has 2 aliphatic carbocycles. The summed E-state index contributed by atoms with van der Waals surface area (Å²) in [6, 6.07) is 124. The van der Waals surface area contributed by atoms with Gasteiger partial charge in [-0.25, -0.2) is 0 Å². The zero-order valence-corrected chi connectivity index (χ0v) is 53.2. The van der Waals surface area contributed by atoms with Crippen LogP contribution in [0.1, 0.15) is 44.5 Å². The highest BCUT2D eigenvalue weighted by molar-refractivity contribution is 5.99. The summed E-state index contributed by atoms with van der Waals surface area (Å²) in [4.78, 5) is 9.46. The average molecular weight is 1220 g/mol. The number of anilines is 12. The molecule has 4 nitrogen and oxygen atoms in total. The van der Waals surface area contributed by atoms with Gasteiger partial charge in [0.15, 0.2) is 0 Å². The third-order valence-corrected chi connectivity index (χ3v) is 19.0. The predicted molar refractivity (Wildman–Crippen MR) is 402 cm³/mol. The van der Waals surface area contributed by atoms with Crippen molar-refractivity contribution in [1.82, 2.24) is 0 Å². The largest absolute Gasteiger partial charge is 0.310 e. The first-order chi connectivity index (χ1) is 46.8. The molecule has 0 saturated heterocycles. The Morgan fingerprint density at radius 1 is 0.221 bits per heavy atom. The van der Waals surface area contributed by atoms with E-state index in [-0.39, 0.29) is 0 Å². The van der Waals surface area contributed by atoms with Crippen LogP contribution < -0.4 is 19.6 Å². The number of benzene rings is 14. The highest BCUT2D eigenvalue weighted by atomic mass is 15.2. The molecule has 0 radical (unpaired) electrons. The number of rotatable bonds is 16. The van der Waals surface area contributed by atoms with Crippen LogP contribution in [0.4, 0.5) is 68.2 Å². The summed E-state index contributed by atoms with van der Waals surface area (Å²) in [6.45, 7) is 13.0. The maximum atomic E-state index is 4.34. The van der Waals surface area contributed by atoms with E-state index >= 15 is 0 Å². The Hall–Kier alpha value is -12.2. The normalized spacial score (nSPS) is 12.1. The molecule has 0 aliphatic heterocycles. The van der Waals surface area contributed by atoms with Crippen molar-refractivity contribution in [3.63, 3.8) is 0 Å². The Morgan fingerprint density at radius 3 is 0.726 bits per heavy atom. The molecule has 2 aliphatic rings. The Labute approximate surface area is 557 Å². The van der Waals surface area contributed by atoms with Gasteiger partial charge in [-0.3, -0.25) is 0 Å². The van der Waals surface area contributed by atoms with Gasteiger partial charge in [0.25, 0.3) is 0 Å². The number of hydrogen-bond acceptors (Lipinski definition) is 4. The smallest absolute Gasteiger partial charge is 0.0727 e. The quantitative estimate of drug-likeness (QED) is 0.0956. The molecule has 0 fully saturated rings. The first-order valence-corrected chi connectivity index (χ1v) is 32.6. The number of hydrogen-bond donors (Lipinski definition) is 0. The monoisotopic (exact) mass is 1220 g/mol. The van der Waals surface area contributed by atoms with Gasteiger partial charge in [0.05, 0.1) is 5.41 Å². The van der Waals surface area contributed by atoms with Crippen molar-refractivity contribution in [2.75, 3.05) is 19.6 Å². The highest BCUT2D eigenvalue weighted by Gasteiger charge is 2.52. The third-order valence-electron chi connectivity index (χ3n) is 19.0. The minimum Gasteiger partial charge on any atom is -0.310 e. The van der Waals surface area contributed by atoms with Gasteiger partial charge < -0.3 is 19.6 Å². The predicted octanol–water partition coefficient (Wildman–Crippen LogP) is 25.1. The summed E-state index contributed by atoms with van der Waals surface area (Å²) in [5.41, 5.74) is 31.2. The van der Waals surface area contributed by atoms with E-state index in [1.165, 1.54) is 55.6 Å². The van der Waals surface area contributed by atoms with E-state index in [2.05, 4.69) is 386 Å². The zero-order valence-electron chi connectivity index (χ0n) is 53.2. The van der Waals surface area contributed by atoms with Crippen molar-refractivity contribution in [3.8, 4) is 44.5 Å². The van der Waals surface area contributed by atoms with Crippen molar-refractivity contribution in [1.29, 1.82) is 0 Å². The number of para-hydroxylation sites is 4. The summed E-state index contributed by atoms with van der Waals surface area (Å²) in [7, 11) is 0. The fourth-order valence-corrected chi connectivity index (χ4v) is 14.6. The minimum atomic E-state index is -0.735. The van der Waals surface area contributed by atoms with E-state index in [1.807, 2.05) is 12.2 Å². The standard InChI is InChI=1S/C91H68N4/c1-5-65-33-53-83-85-55-51-81(94(73-27-15-9-16-28-73)77-47-39-69(40-48-77)67-35-43-75(44-36-67)92(71-23-11-7-12-24-71)79-31-19-21-63(3)57-79)61-89(85)91(87(83)59-65)88-60-66(6-2)34-54-84(88)86-56-52-82(62-90(86)91)95(74-29-17-10-18-30-74)78-49-41-70(42-50-78)68-37-45-76(46-38-68)93(72-25-13-8-14-26-72)80-32-20-22-64(4)58-80/h5-62H,1-2H2,3-4H3. The molecule has 1 spiro atoms. The molecule has 16 rings (SSSR count). The lowest BCUT2D eigenvalue weighted by atomic mass is 9.70. The highest BCUT2D eigenvalue weighted by Crippen LogP contribution is 2.64. The van der Waals surface area contributed by atoms with Gasteiger partial charge in [0, 0.05) is 68.2 Å². The number of nitrogens with zero attached hydrogens (tertiary/aromatic N) is 4. The van der Waals surface area contributed by atoms with E-state index in [4.69, 9.17) is 0 Å². The molecule has 452 valence electrons. The van der Waals surface area contributed by atoms with Crippen LogP contribution in [0.15, 0.2) is 353 Å². The summed E-state index contributed by atoms with van der Waals surface area (Å²) >= 11 is 0. The van der Waals surface area contributed by atoms with Crippen LogP contribution in [0.3, 0.4) is 0 Å². The second-order valence-electron chi connectivity index (χ2n) is 24.8. The third kappa shape index (κ3) is 10.4. The van der Waals surface area contributed by atoms with Crippen LogP contribution in [-0.4, -0.2) is 0 Å². The van der Waals surface area contributed by atoms with Crippen molar-refractivity contribution in [2.24, 2.45) is 0 Å². The topological polar surface area (TPSA) is 13.0 Å². The second kappa shape index (κ2) is 24.4. The molecule has 14 aromatic rings. The first-order valence-electron chi connectivity index (χ1n) is 32.6. The molecule has 14 aromatic carbocycles. The molecule has 0 N–H and O–H groups in total. The Balaban J connectivity index is 0.796. The Kier molecular flexibility index (Phi) is 14.9. The van der Waals surface area contributed by atoms with E-state index in [0.29, 0.717) is 0 Å².